The minimum atomic E-state index is -0.0279. The lowest BCUT2D eigenvalue weighted by molar-refractivity contribution is 0.205. The molecule has 1 saturated carbocycles. The van der Waals surface area contributed by atoms with E-state index in [-0.39, 0.29) is 6.03 Å². The maximum Gasteiger partial charge on any atom is 0.314 e. The van der Waals surface area contributed by atoms with Crippen LogP contribution >= 0.6 is 0 Å². The third-order valence-corrected chi connectivity index (χ3v) is 6.03. The molecule has 2 atom stereocenters. The summed E-state index contributed by atoms with van der Waals surface area (Å²) < 4.78 is 0. The van der Waals surface area contributed by atoms with Gasteiger partial charge in [-0.2, -0.15) is 0 Å². The minimum absolute atomic E-state index is 0.0279. The van der Waals surface area contributed by atoms with Crippen molar-refractivity contribution in [3.05, 3.63) is 35.4 Å². The number of hydrogen-bond acceptors (Lipinski definition) is 2. The van der Waals surface area contributed by atoms with E-state index >= 15 is 0 Å². The van der Waals surface area contributed by atoms with Gasteiger partial charge in [0.25, 0.3) is 0 Å². The van der Waals surface area contributed by atoms with Gasteiger partial charge in [0.2, 0.25) is 0 Å². The Balaban J connectivity index is 1.38. The Morgan fingerprint density at radius 1 is 1.16 bits per heavy atom. The first-order valence-corrected chi connectivity index (χ1v) is 9.89. The molecule has 0 aromatic heterocycles. The molecule has 25 heavy (non-hydrogen) atoms. The van der Waals surface area contributed by atoms with E-state index in [9.17, 15) is 4.79 Å². The number of urea groups is 1. The summed E-state index contributed by atoms with van der Waals surface area (Å²) in [6.07, 6.45) is 9.15. The molecule has 4 heteroatoms. The molecule has 2 N–H and O–H groups in total. The van der Waals surface area contributed by atoms with Crippen molar-refractivity contribution in [3.63, 3.8) is 0 Å². The number of hydrogen-bond donors (Lipinski definition) is 2. The molecule has 0 bridgehead atoms. The lowest BCUT2D eigenvalue weighted by atomic mass is 9.78. The standard InChI is InChI=1S/C21H33N3O/c1-24(2)19(12-16-8-4-3-5-9-16)15-23-21(25)22-14-18-13-17-10-6-7-11-20(17)18/h6-7,10-11,16,18-19H,3-5,8-9,12-15H2,1-2H3,(H2,22,23,25)/t18-,19-/m1/s1. The monoisotopic (exact) mass is 343 g/mol. The fourth-order valence-electron chi connectivity index (χ4n) is 4.32. The highest BCUT2D eigenvalue weighted by molar-refractivity contribution is 5.74. The summed E-state index contributed by atoms with van der Waals surface area (Å²) in [4.78, 5) is 14.4. The number of carbonyl (C=O) groups is 1. The highest BCUT2D eigenvalue weighted by Crippen LogP contribution is 2.34. The SMILES string of the molecule is CN(C)[C@@H](CNC(=O)NC[C@H]1Cc2ccccc21)CC1CCCCC1. The van der Waals surface area contributed by atoms with Crippen molar-refractivity contribution in [2.75, 3.05) is 27.2 Å². The Morgan fingerprint density at radius 3 is 2.64 bits per heavy atom. The zero-order valence-corrected chi connectivity index (χ0v) is 15.8. The fraction of sp³-hybridized carbons (Fsp3) is 0.667. The second-order valence-corrected chi connectivity index (χ2v) is 8.05. The maximum atomic E-state index is 12.2. The molecule has 4 nitrogen and oxygen atoms in total. The second-order valence-electron chi connectivity index (χ2n) is 8.05. The molecule has 3 rings (SSSR count). The molecule has 0 saturated heterocycles. The van der Waals surface area contributed by atoms with Crippen molar-refractivity contribution in [1.82, 2.24) is 15.5 Å². The number of likely N-dealkylation sites (N-methyl/N-ethyl adjacent to an activating group) is 1. The first-order chi connectivity index (χ1) is 12.1. The van der Waals surface area contributed by atoms with Gasteiger partial charge in [-0.1, -0.05) is 56.4 Å². The van der Waals surface area contributed by atoms with Crippen molar-refractivity contribution >= 4 is 6.03 Å². The maximum absolute atomic E-state index is 12.2. The lowest BCUT2D eigenvalue weighted by Crippen LogP contribution is -2.46. The Hall–Kier alpha value is -1.55. The predicted octanol–water partition coefficient (Wildman–Crippen LogP) is 3.53. The van der Waals surface area contributed by atoms with Crippen LogP contribution < -0.4 is 10.6 Å². The van der Waals surface area contributed by atoms with Crippen molar-refractivity contribution in [3.8, 4) is 0 Å². The minimum Gasteiger partial charge on any atom is -0.338 e. The topological polar surface area (TPSA) is 44.4 Å². The first kappa shape index (κ1) is 18.2. The Labute approximate surface area is 152 Å². The van der Waals surface area contributed by atoms with Gasteiger partial charge in [0, 0.05) is 25.0 Å². The molecule has 138 valence electrons. The van der Waals surface area contributed by atoms with E-state index in [0.717, 1.165) is 25.4 Å². The largest absolute Gasteiger partial charge is 0.338 e. The Kier molecular flexibility index (Phi) is 6.35. The molecular weight excluding hydrogens is 310 g/mol. The zero-order valence-electron chi connectivity index (χ0n) is 15.8. The molecule has 0 spiro atoms. The number of benzene rings is 1. The van der Waals surface area contributed by atoms with E-state index in [2.05, 4.69) is 53.9 Å². The molecule has 0 unspecified atom stereocenters. The van der Waals surface area contributed by atoms with E-state index in [4.69, 9.17) is 0 Å². The third-order valence-electron chi connectivity index (χ3n) is 6.03. The van der Waals surface area contributed by atoms with Crippen molar-refractivity contribution in [2.45, 2.75) is 56.9 Å². The molecule has 1 aromatic rings. The molecule has 1 fully saturated rings. The van der Waals surface area contributed by atoms with Crippen LogP contribution in [0.3, 0.4) is 0 Å². The van der Waals surface area contributed by atoms with Crippen molar-refractivity contribution < 1.29 is 4.79 Å². The predicted molar refractivity (Wildman–Crippen MR) is 103 cm³/mol. The number of amides is 2. The summed E-state index contributed by atoms with van der Waals surface area (Å²) in [5, 5.41) is 6.14. The van der Waals surface area contributed by atoms with E-state index in [1.165, 1.54) is 49.7 Å². The number of fused-ring (bicyclic) bond motifs is 1. The van der Waals surface area contributed by atoms with Gasteiger partial charge in [-0.15, -0.1) is 0 Å². The van der Waals surface area contributed by atoms with Gasteiger partial charge in [-0.05, 0) is 44.0 Å². The van der Waals surface area contributed by atoms with Gasteiger partial charge in [0.1, 0.15) is 0 Å². The van der Waals surface area contributed by atoms with Crippen LogP contribution in [0.15, 0.2) is 24.3 Å². The van der Waals surface area contributed by atoms with Crippen LogP contribution in [0, 0.1) is 5.92 Å². The fourth-order valence-corrected chi connectivity index (χ4v) is 4.32. The van der Waals surface area contributed by atoms with Crippen LogP contribution in [0.2, 0.25) is 0 Å². The van der Waals surface area contributed by atoms with Gasteiger partial charge in [0.15, 0.2) is 0 Å². The molecule has 0 heterocycles. The van der Waals surface area contributed by atoms with Gasteiger partial charge in [-0.25, -0.2) is 4.79 Å². The molecule has 0 aliphatic heterocycles. The Morgan fingerprint density at radius 2 is 1.92 bits per heavy atom. The molecular formula is C21H33N3O. The highest BCUT2D eigenvalue weighted by Gasteiger charge is 2.26. The van der Waals surface area contributed by atoms with Crippen LogP contribution in [0.1, 0.15) is 55.6 Å². The number of nitrogens with zero attached hydrogens (tertiary/aromatic N) is 1. The van der Waals surface area contributed by atoms with Crippen LogP contribution in [0.25, 0.3) is 0 Å². The average Bonchev–Trinajstić information content (AvgIpc) is 2.60. The van der Waals surface area contributed by atoms with Crippen molar-refractivity contribution in [1.29, 1.82) is 0 Å². The molecule has 2 aliphatic rings. The summed E-state index contributed by atoms with van der Waals surface area (Å²) in [5.41, 5.74) is 2.82. The molecule has 1 aromatic carbocycles. The number of rotatable bonds is 7. The summed E-state index contributed by atoms with van der Waals surface area (Å²) in [7, 11) is 4.25. The average molecular weight is 344 g/mol. The smallest absolute Gasteiger partial charge is 0.314 e. The Bertz CT molecular complexity index is 566. The third kappa shape index (κ3) is 4.97. The van der Waals surface area contributed by atoms with Gasteiger partial charge >= 0.3 is 6.03 Å². The molecule has 2 aliphatic carbocycles. The summed E-state index contributed by atoms with van der Waals surface area (Å²) in [5.74, 6) is 1.31. The molecule has 0 radical (unpaired) electrons. The van der Waals surface area contributed by atoms with Crippen molar-refractivity contribution in [2.24, 2.45) is 5.92 Å². The van der Waals surface area contributed by atoms with Crippen LogP contribution in [0.5, 0.6) is 0 Å². The number of carbonyl (C=O) groups excluding carboxylic acids is 1. The first-order valence-electron chi connectivity index (χ1n) is 9.89. The van der Waals surface area contributed by atoms with Gasteiger partial charge < -0.3 is 15.5 Å². The van der Waals surface area contributed by atoms with E-state index in [0.29, 0.717) is 12.0 Å². The highest BCUT2D eigenvalue weighted by atomic mass is 16.2. The van der Waals surface area contributed by atoms with Crippen LogP contribution in [0.4, 0.5) is 4.79 Å². The zero-order chi connectivity index (χ0) is 17.6. The summed E-state index contributed by atoms with van der Waals surface area (Å²) >= 11 is 0. The van der Waals surface area contributed by atoms with E-state index < -0.39 is 0 Å². The van der Waals surface area contributed by atoms with Gasteiger partial charge in [-0.3, -0.25) is 0 Å². The summed E-state index contributed by atoms with van der Waals surface area (Å²) in [6.45, 7) is 1.47. The van der Waals surface area contributed by atoms with Crippen LogP contribution in [-0.2, 0) is 6.42 Å². The number of nitrogens with one attached hydrogen (secondary N) is 2. The van der Waals surface area contributed by atoms with E-state index in [1.807, 2.05) is 0 Å². The summed E-state index contributed by atoms with van der Waals surface area (Å²) in [6, 6.07) is 8.92. The van der Waals surface area contributed by atoms with Crippen LogP contribution in [-0.4, -0.2) is 44.2 Å². The van der Waals surface area contributed by atoms with E-state index in [1.54, 1.807) is 0 Å². The quantitative estimate of drug-likeness (QED) is 0.795. The second kappa shape index (κ2) is 8.70. The lowest BCUT2D eigenvalue weighted by Gasteiger charge is -2.31. The normalized spacial score (nSPS) is 21.3. The molecule has 2 amide bonds. The van der Waals surface area contributed by atoms with Gasteiger partial charge in [0.05, 0.1) is 0 Å².